The summed E-state index contributed by atoms with van der Waals surface area (Å²) in [6.07, 6.45) is 2.14. The van der Waals surface area contributed by atoms with Crippen molar-refractivity contribution in [3.63, 3.8) is 0 Å². The van der Waals surface area contributed by atoms with Crippen molar-refractivity contribution in [2.24, 2.45) is 0 Å². The van der Waals surface area contributed by atoms with Gasteiger partial charge in [0.15, 0.2) is 0 Å². The Kier molecular flexibility index (Phi) is 5.53. The Morgan fingerprint density at radius 1 is 1.23 bits per heavy atom. The van der Waals surface area contributed by atoms with Crippen LogP contribution in [-0.2, 0) is 16.4 Å². The van der Waals surface area contributed by atoms with Crippen LogP contribution in [0.2, 0.25) is 5.02 Å². The lowest BCUT2D eigenvalue weighted by Gasteiger charge is -2.20. The number of fused-ring (bicyclic) bond motifs is 1. The van der Waals surface area contributed by atoms with Gasteiger partial charge in [0.1, 0.15) is 0 Å². The molecule has 3 rings (SSSR count). The largest absolute Gasteiger partial charge is 0.322 e. The smallest absolute Gasteiger partial charge is 0.257 e. The molecule has 2 aromatic carbocycles. The second-order valence-electron chi connectivity index (χ2n) is 6.27. The highest BCUT2D eigenvalue weighted by atomic mass is 35.5. The summed E-state index contributed by atoms with van der Waals surface area (Å²) in [6.45, 7) is 2.42. The molecule has 0 bridgehead atoms. The standard InChI is InChI=1S/C19H21ClN2O3S/c1-2-3-12-26(24,25)22-11-10-14-8-9-15(13-18(14)22)21-19(23)16-6-4-5-7-17(16)20/h4-9,13H,2-3,10-12H2,1H3,(H,21,23). The van der Waals surface area contributed by atoms with Gasteiger partial charge in [0.25, 0.3) is 5.91 Å². The number of carbonyl (C=O) groups excluding carboxylic acids is 1. The predicted molar refractivity (Wildman–Crippen MR) is 106 cm³/mol. The number of amides is 1. The summed E-state index contributed by atoms with van der Waals surface area (Å²) in [6, 6.07) is 12.2. The molecule has 0 fully saturated rings. The van der Waals surface area contributed by atoms with Crippen LogP contribution in [-0.4, -0.2) is 26.6 Å². The van der Waals surface area contributed by atoms with Crippen molar-refractivity contribution in [3.05, 3.63) is 58.6 Å². The highest BCUT2D eigenvalue weighted by Gasteiger charge is 2.29. The van der Waals surface area contributed by atoms with E-state index in [1.807, 2.05) is 13.0 Å². The average molecular weight is 393 g/mol. The molecule has 7 heteroatoms. The Bertz CT molecular complexity index is 928. The van der Waals surface area contributed by atoms with Gasteiger partial charge in [-0.05, 0) is 42.7 Å². The molecule has 1 aliphatic heterocycles. The van der Waals surface area contributed by atoms with Gasteiger partial charge in [-0.2, -0.15) is 0 Å². The van der Waals surface area contributed by atoms with E-state index in [9.17, 15) is 13.2 Å². The molecule has 0 radical (unpaired) electrons. The van der Waals surface area contributed by atoms with Crippen molar-refractivity contribution in [1.29, 1.82) is 0 Å². The molecule has 5 nitrogen and oxygen atoms in total. The fourth-order valence-electron chi connectivity index (χ4n) is 3.00. The first-order valence-corrected chi connectivity index (χ1v) is 10.6. The Labute approximate surface area is 159 Å². The number of benzene rings is 2. The molecule has 0 unspecified atom stereocenters. The number of hydrogen-bond acceptors (Lipinski definition) is 3. The SMILES string of the molecule is CCCCS(=O)(=O)N1CCc2ccc(NC(=O)c3ccccc3Cl)cc21. The van der Waals surface area contributed by atoms with Gasteiger partial charge in [-0.3, -0.25) is 9.10 Å². The second-order valence-corrected chi connectivity index (χ2v) is 8.69. The highest BCUT2D eigenvalue weighted by molar-refractivity contribution is 7.92. The molecule has 1 aliphatic rings. The molecule has 0 aromatic heterocycles. The van der Waals surface area contributed by atoms with E-state index in [0.29, 0.717) is 41.3 Å². The average Bonchev–Trinajstić information content (AvgIpc) is 3.04. The predicted octanol–water partition coefficient (Wildman–Crippen LogP) is 4.08. The zero-order valence-electron chi connectivity index (χ0n) is 14.5. The molecule has 0 aliphatic carbocycles. The maximum Gasteiger partial charge on any atom is 0.257 e. The minimum Gasteiger partial charge on any atom is -0.322 e. The summed E-state index contributed by atoms with van der Waals surface area (Å²) in [7, 11) is -3.34. The van der Waals surface area contributed by atoms with Crippen molar-refractivity contribution in [3.8, 4) is 0 Å². The summed E-state index contributed by atoms with van der Waals surface area (Å²) in [4.78, 5) is 12.4. The van der Waals surface area contributed by atoms with Crippen molar-refractivity contribution >= 4 is 38.9 Å². The van der Waals surface area contributed by atoms with Gasteiger partial charge in [0, 0.05) is 12.2 Å². The number of nitrogens with one attached hydrogen (secondary N) is 1. The Morgan fingerprint density at radius 2 is 2.00 bits per heavy atom. The topological polar surface area (TPSA) is 66.5 Å². The summed E-state index contributed by atoms with van der Waals surface area (Å²) in [5.74, 6) is -0.187. The first-order valence-electron chi connectivity index (χ1n) is 8.61. The van der Waals surface area contributed by atoms with E-state index in [-0.39, 0.29) is 11.7 Å². The molecule has 0 atom stereocenters. The number of rotatable bonds is 6. The minimum absolute atomic E-state index is 0.138. The second kappa shape index (κ2) is 7.68. The van der Waals surface area contributed by atoms with Crippen LogP contribution >= 0.6 is 11.6 Å². The quantitative estimate of drug-likeness (QED) is 0.805. The van der Waals surface area contributed by atoms with Gasteiger partial charge >= 0.3 is 0 Å². The normalized spacial score (nSPS) is 13.5. The summed E-state index contributed by atoms with van der Waals surface area (Å²) in [5.41, 5.74) is 2.55. The lowest BCUT2D eigenvalue weighted by Crippen LogP contribution is -2.31. The van der Waals surface area contributed by atoms with Crippen LogP contribution < -0.4 is 9.62 Å². The van der Waals surface area contributed by atoms with E-state index in [1.54, 1.807) is 36.4 Å². The molecule has 1 N–H and O–H groups in total. The molecule has 0 saturated carbocycles. The summed E-state index contributed by atoms with van der Waals surface area (Å²) >= 11 is 6.06. The number of carbonyl (C=O) groups is 1. The lowest BCUT2D eigenvalue weighted by atomic mass is 10.1. The maximum absolute atomic E-state index is 12.6. The fourth-order valence-corrected chi connectivity index (χ4v) is 4.93. The van der Waals surface area contributed by atoms with E-state index >= 15 is 0 Å². The van der Waals surface area contributed by atoms with E-state index in [2.05, 4.69) is 5.32 Å². The fraction of sp³-hybridized carbons (Fsp3) is 0.316. The number of anilines is 2. The molecule has 2 aromatic rings. The van der Waals surface area contributed by atoms with Crippen LogP contribution in [0.15, 0.2) is 42.5 Å². The molecule has 0 spiro atoms. The van der Waals surface area contributed by atoms with Crippen LogP contribution in [0.5, 0.6) is 0 Å². The Morgan fingerprint density at radius 3 is 2.73 bits per heavy atom. The van der Waals surface area contributed by atoms with Crippen molar-refractivity contribution in [1.82, 2.24) is 0 Å². The van der Waals surface area contributed by atoms with Crippen molar-refractivity contribution in [2.75, 3.05) is 21.9 Å². The van der Waals surface area contributed by atoms with Gasteiger partial charge in [0.2, 0.25) is 10.0 Å². The molecule has 1 heterocycles. The number of nitrogens with zero attached hydrogens (tertiary/aromatic N) is 1. The monoisotopic (exact) mass is 392 g/mol. The lowest BCUT2D eigenvalue weighted by molar-refractivity contribution is 0.102. The third kappa shape index (κ3) is 3.86. The third-order valence-corrected chi connectivity index (χ3v) is 6.59. The van der Waals surface area contributed by atoms with Gasteiger partial charge in [-0.15, -0.1) is 0 Å². The maximum atomic E-state index is 12.6. The van der Waals surface area contributed by atoms with Crippen LogP contribution in [0.1, 0.15) is 35.7 Å². The Balaban J connectivity index is 1.84. The number of hydrogen-bond donors (Lipinski definition) is 1. The van der Waals surface area contributed by atoms with Crippen LogP contribution in [0.3, 0.4) is 0 Å². The van der Waals surface area contributed by atoms with Crippen molar-refractivity contribution in [2.45, 2.75) is 26.2 Å². The van der Waals surface area contributed by atoms with Gasteiger partial charge in [-0.1, -0.05) is 43.1 Å². The van der Waals surface area contributed by atoms with Crippen LogP contribution in [0.4, 0.5) is 11.4 Å². The Hall–Kier alpha value is -2.05. The summed E-state index contributed by atoms with van der Waals surface area (Å²) < 4.78 is 26.6. The third-order valence-electron chi connectivity index (χ3n) is 4.41. The van der Waals surface area contributed by atoms with Crippen LogP contribution in [0.25, 0.3) is 0 Å². The molecule has 26 heavy (non-hydrogen) atoms. The first kappa shape index (κ1) is 18.7. The number of sulfonamides is 1. The number of halogens is 1. The molecule has 1 amide bonds. The van der Waals surface area contributed by atoms with E-state index in [0.717, 1.165) is 12.0 Å². The molecular formula is C19H21ClN2O3S. The van der Waals surface area contributed by atoms with Gasteiger partial charge in [0.05, 0.1) is 22.0 Å². The zero-order chi connectivity index (χ0) is 18.7. The van der Waals surface area contributed by atoms with E-state index in [4.69, 9.17) is 11.6 Å². The molecular weight excluding hydrogens is 372 g/mol. The van der Waals surface area contributed by atoms with Gasteiger partial charge in [-0.25, -0.2) is 8.42 Å². The highest BCUT2D eigenvalue weighted by Crippen LogP contribution is 2.33. The molecule has 0 saturated heterocycles. The van der Waals surface area contributed by atoms with Gasteiger partial charge < -0.3 is 5.32 Å². The first-order chi connectivity index (χ1) is 12.4. The van der Waals surface area contributed by atoms with E-state index in [1.165, 1.54) is 4.31 Å². The number of unbranched alkanes of at least 4 members (excludes halogenated alkanes) is 1. The zero-order valence-corrected chi connectivity index (χ0v) is 16.1. The van der Waals surface area contributed by atoms with E-state index < -0.39 is 10.0 Å². The molecule has 138 valence electrons. The van der Waals surface area contributed by atoms with Crippen molar-refractivity contribution < 1.29 is 13.2 Å². The van der Waals surface area contributed by atoms with Crippen LogP contribution in [0, 0.1) is 0 Å². The minimum atomic E-state index is -3.34. The summed E-state index contributed by atoms with van der Waals surface area (Å²) in [5, 5.41) is 3.17.